The predicted molar refractivity (Wildman–Crippen MR) is 87.5 cm³/mol. The number of nitrogens with zero attached hydrogens (tertiary/aromatic N) is 1. The van der Waals surface area contributed by atoms with Gasteiger partial charge in [-0.2, -0.15) is 0 Å². The van der Waals surface area contributed by atoms with Crippen LogP contribution in [0.1, 0.15) is 20.8 Å². The van der Waals surface area contributed by atoms with E-state index in [1.165, 1.54) is 6.08 Å². The number of methoxy groups -OCH3 is 1. The van der Waals surface area contributed by atoms with Crippen molar-refractivity contribution < 1.29 is 19.1 Å². The maximum absolute atomic E-state index is 12.2. The molecule has 6 heteroatoms. The van der Waals surface area contributed by atoms with E-state index in [9.17, 15) is 9.59 Å². The van der Waals surface area contributed by atoms with Crippen LogP contribution in [-0.2, 0) is 9.53 Å². The Bertz CT molecular complexity index is 619. The molecular weight excluding hydrogens is 296 g/mol. The second-order valence-corrected chi connectivity index (χ2v) is 6.20. The molecule has 1 heterocycles. The number of hydrogen-bond donors (Lipinski definition) is 1. The van der Waals surface area contributed by atoms with Gasteiger partial charge in [-0.1, -0.05) is 18.2 Å². The Labute approximate surface area is 136 Å². The zero-order valence-corrected chi connectivity index (χ0v) is 13.8. The van der Waals surface area contributed by atoms with Gasteiger partial charge in [0.15, 0.2) is 0 Å². The van der Waals surface area contributed by atoms with Crippen molar-refractivity contribution in [2.45, 2.75) is 32.4 Å². The van der Waals surface area contributed by atoms with Gasteiger partial charge in [-0.3, -0.25) is 4.79 Å². The summed E-state index contributed by atoms with van der Waals surface area (Å²) in [6.45, 7) is 5.67. The van der Waals surface area contributed by atoms with Gasteiger partial charge in [0.05, 0.1) is 18.8 Å². The fourth-order valence-corrected chi connectivity index (χ4v) is 2.22. The zero-order valence-electron chi connectivity index (χ0n) is 13.8. The molecule has 0 unspecified atom stereocenters. The highest BCUT2D eigenvalue weighted by atomic mass is 16.6. The van der Waals surface area contributed by atoms with Crippen LogP contribution < -0.4 is 10.1 Å². The predicted octanol–water partition coefficient (Wildman–Crippen LogP) is 2.81. The highest BCUT2D eigenvalue weighted by Crippen LogP contribution is 2.24. The third-order valence-corrected chi connectivity index (χ3v) is 3.23. The minimum absolute atomic E-state index is 0.369. The molecule has 0 aliphatic carbocycles. The molecule has 0 bridgehead atoms. The van der Waals surface area contributed by atoms with Crippen molar-refractivity contribution in [2.24, 2.45) is 0 Å². The van der Waals surface area contributed by atoms with Crippen LogP contribution in [0.15, 0.2) is 36.4 Å². The minimum Gasteiger partial charge on any atom is -0.495 e. The van der Waals surface area contributed by atoms with Gasteiger partial charge < -0.3 is 14.8 Å². The van der Waals surface area contributed by atoms with Crippen LogP contribution in [0.25, 0.3) is 0 Å². The fourth-order valence-electron chi connectivity index (χ4n) is 2.22. The Kier molecular flexibility index (Phi) is 4.93. The van der Waals surface area contributed by atoms with E-state index in [0.29, 0.717) is 12.3 Å². The molecule has 0 saturated heterocycles. The third-order valence-electron chi connectivity index (χ3n) is 3.23. The topological polar surface area (TPSA) is 67.9 Å². The molecule has 1 aromatic carbocycles. The highest BCUT2D eigenvalue weighted by molar-refractivity contribution is 6.01. The summed E-state index contributed by atoms with van der Waals surface area (Å²) in [6.07, 6.45) is 2.44. The molecular formula is C17H22N2O4. The van der Waals surface area contributed by atoms with Gasteiger partial charge in [-0.05, 0) is 32.9 Å². The number of anilines is 1. The van der Waals surface area contributed by atoms with Crippen molar-refractivity contribution in [3.63, 3.8) is 0 Å². The van der Waals surface area contributed by atoms with Crippen molar-refractivity contribution in [3.8, 4) is 5.75 Å². The van der Waals surface area contributed by atoms with Crippen LogP contribution >= 0.6 is 0 Å². The zero-order chi connectivity index (χ0) is 17.0. The summed E-state index contributed by atoms with van der Waals surface area (Å²) in [6, 6.07) is 7.06. The van der Waals surface area contributed by atoms with Gasteiger partial charge in [-0.15, -0.1) is 0 Å². The Morgan fingerprint density at radius 2 is 2.00 bits per heavy atom. The second kappa shape index (κ2) is 6.73. The van der Waals surface area contributed by atoms with Gasteiger partial charge in [-0.25, -0.2) is 9.69 Å². The van der Waals surface area contributed by atoms with Crippen LogP contribution in [0.4, 0.5) is 10.5 Å². The van der Waals surface area contributed by atoms with Crippen molar-refractivity contribution in [1.82, 2.24) is 4.90 Å². The summed E-state index contributed by atoms with van der Waals surface area (Å²) in [5.74, 6) is 0.329. The average molecular weight is 318 g/mol. The van der Waals surface area contributed by atoms with Crippen molar-refractivity contribution in [2.75, 3.05) is 19.0 Å². The van der Waals surface area contributed by atoms with Gasteiger partial charge in [0.1, 0.15) is 11.4 Å². The first-order chi connectivity index (χ1) is 10.8. The van der Waals surface area contributed by atoms with Crippen LogP contribution in [0.3, 0.4) is 0 Å². The summed E-state index contributed by atoms with van der Waals surface area (Å²) in [7, 11) is 1.59. The number of hydrogen-bond acceptors (Lipinski definition) is 5. The van der Waals surface area contributed by atoms with Crippen molar-refractivity contribution >= 4 is 17.7 Å². The number of ether oxygens (including phenoxy) is 2. The minimum atomic E-state index is -0.652. The van der Waals surface area contributed by atoms with Gasteiger partial charge >= 0.3 is 6.09 Å². The number of amides is 2. The van der Waals surface area contributed by atoms with Crippen LogP contribution in [0.5, 0.6) is 5.75 Å². The monoisotopic (exact) mass is 318 g/mol. The molecule has 1 aliphatic heterocycles. The lowest BCUT2D eigenvalue weighted by Crippen LogP contribution is -2.45. The summed E-state index contributed by atoms with van der Waals surface area (Å²) >= 11 is 0. The van der Waals surface area contributed by atoms with Gasteiger partial charge in [0.2, 0.25) is 0 Å². The number of para-hydroxylation sites is 2. The summed E-state index contributed by atoms with van der Waals surface area (Å²) < 4.78 is 10.6. The van der Waals surface area contributed by atoms with E-state index in [2.05, 4.69) is 5.32 Å². The van der Waals surface area contributed by atoms with E-state index in [0.717, 1.165) is 10.6 Å². The van der Waals surface area contributed by atoms with Gasteiger partial charge in [0.25, 0.3) is 5.91 Å². The molecule has 0 saturated carbocycles. The number of carbonyl (C=O) groups is 2. The molecule has 0 spiro atoms. The quantitative estimate of drug-likeness (QED) is 0.924. The van der Waals surface area contributed by atoms with Gasteiger partial charge in [0, 0.05) is 12.6 Å². The molecule has 1 aromatic rings. The number of nitrogens with one attached hydrogen (secondary N) is 1. The maximum atomic E-state index is 12.2. The largest absolute Gasteiger partial charge is 0.495 e. The van der Waals surface area contributed by atoms with Crippen molar-refractivity contribution in [3.05, 3.63) is 36.4 Å². The van der Waals surface area contributed by atoms with E-state index < -0.39 is 17.7 Å². The number of rotatable bonds is 4. The second-order valence-electron chi connectivity index (χ2n) is 6.20. The molecule has 0 radical (unpaired) electrons. The normalized spacial score (nSPS) is 17.3. The Morgan fingerprint density at radius 1 is 1.30 bits per heavy atom. The SMILES string of the molecule is COc1ccccc1NC[C@@H]1C=CC(=O)N1C(=O)OC(C)(C)C. The van der Waals surface area contributed by atoms with E-state index in [1.54, 1.807) is 34.0 Å². The molecule has 1 N–H and O–H groups in total. The maximum Gasteiger partial charge on any atom is 0.417 e. The molecule has 2 rings (SSSR count). The molecule has 1 atom stereocenters. The van der Waals surface area contributed by atoms with E-state index in [4.69, 9.17) is 9.47 Å². The molecule has 1 aliphatic rings. The molecule has 0 fully saturated rings. The number of benzene rings is 1. The third kappa shape index (κ3) is 4.25. The smallest absolute Gasteiger partial charge is 0.417 e. The molecule has 2 amide bonds. The first-order valence-electron chi connectivity index (χ1n) is 7.43. The first-order valence-corrected chi connectivity index (χ1v) is 7.43. The van der Waals surface area contributed by atoms with Crippen molar-refractivity contribution in [1.29, 1.82) is 0 Å². The lowest BCUT2D eigenvalue weighted by atomic mass is 10.2. The van der Waals surface area contributed by atoms with E-state index >= 15 is 0 Å². The average Bonchev–Trinajstić information content (AvgIpc) is 2.84. The molecule has 0 aromatic heterocycles. The number of carbonyl (C=O) groups excluding carboxylic acids is 2. The Balaban J connectivity index is 2.05. The Morgan fingerprint density at radius 3 is 2.65 bits per heavy atom. The molecule has 6 nitrogen and oxygen atoms in total. The number of imide groups is 1. The van der Waals surface area contributed by atoms with Crippen LogP contribution in [0.2, 0.25) is 0 Å². The summed E-state index contributed by atoms with van der Waals surface area (Å²) in [4.78, 5) is 25.3. The lowest BCUT2D eigenvalue weighted by molar-refractivity contribution is -0.125. The Hall–Kier alpha value is -2.50. The van der Waals surface area contributed by atoms with Crippen LogP contribution in [-0.4, -0.2) is 42.2 Å². The van der Waals surface area contributed by atoms with E-state index in [-0.39, 0.29) is 5.91 Å². The fraction of sp³-hybridized carbons (Fsp3) is 0.412. The van der Waals surface area contributed by atoms with Crippen LogP contribution in [0, 0.1) is 0 Å². The molecule has 124 valence electrons. The summed E-state index contributed by atoms with van der Waals surface area (Å²) in [5, 5.41) is 3.20. The first kappa shape index (κ1) is 16.9. The highest BCUT2D eigenvalue weighted by Gasteiger charge is 2.34. The lowest BCUT2D eigenvalue weighted by Gasteiger charge is -2.27. The molecule has 23 heavy (non-hydrogen) atoms. The summed E-state index contributed by atoms with van der Waals surface area (Å²) in [5.41, 5.74) is 0.146. The standard InChI is InChI=1S/C17H22N2O4/c1-17(2,3)23-16(21)19-12(9-10-15(19)20)11-18-13-7-5-6-8-14(13)22-4/h5-10,12,18H,11H2,1-4H3/t12-/m0/s1. The van der Waals surface area contributed by atoms with E-state index in [1.807, 2.05) is 24.3 Å².